The topological polar surface area (TPSA) is 32.8 Å². The minimum absolute atomic E-state index is 0.0571. The molecule has 0 N–H and O–H groups in total. The number of nitrogens with zero attached hydrogens (tertiary/aromatic N) is 2. The molecule has 3 rings (SSSR count). The summed E-state index contributed by atoms with van der Waals surface area (Å²) in [5.41, 5.74) is 0.918. The molecule has 1 aromatic heterocycles. The first-order chi connectivity index (χ1) is 11.7. The summed E-state index contributed by atoms with van der Waals surface area (Å²) < 4.78 is 18.2. The standard InChI is InChI=1S/C18H21FN2O2S/c1-23-13-18(22)21-9-7-20(8-10-21)12-16-5-6-17(24-16)14-3-2-4-15(19)11-14/h2-6,11H,7-10,12-13H2,1H3. The van der Waals surface area contributed by atoms with E-state index < -0.39 is 0 Å². The van der Waals surface area contributed by atoms with Gasteiger partial charge in [0.05, 0.1) is 0 Å². The molecular weight excluding hydrogens is 327 g/mol. The second-order valence-electron chi connectivity index (χ2n) is 5.87. The number of hydrogen-bond acceptors (Lipinski definition) is 4. The average molecular weight is 348 g/mol. The largest absolute Gasteiger partial charge is 0.375 e. The summed E-state index contributed by atoms with van der Waals surface area (Å²) in [6.45, 7) is 4.23. The molecule has 2 aromatic rings. The lowest BCUT2D eigenvalue weighted by Crippen LogP contribution is -2.49. The van der Waals surface area contributed by atoms with Gasteiger partial charge >= 0.3 is 0 Å². The Morgan fingerprint density at radius 3 is 2.71 bits per heavy atom. The van der Waals surface area contributed by atoms with Crippen LogP contribution in [0.3, 0.4) is 0 Å². The van der Waals surface area contributed by atoms with E-state index in [0.29, 0.717) is 0 Å². The average Bonchev–Trinajstić information content (AvgIpc) is 3.04. The van der Waals surface area contributed by atoms with E-state index in [1.165, 1.54) is 10.9 Å². The fourth-order valence-corrected chi connectivity index (χ4v) is 3.90. The van der Waals surface area contributed by atoms with E-state index in [-0.39, 0.29) is 18.3 Å². The minimum atomic E-state index is -0.209. The second-order valence-corrected chi connectivity index (χ2v) is 7.03. The fraction of sp³-hybridized carbons (Fsp3) is 0.389. The molecule has 24 heavy (non-hydrogen) atoms. The Bertz CT molecular complexity index is 696. The molecule has 1 aliphatic rings. The molecule has 4 nitrogen and oxygen atoms in total. The summed E-state index contributed by atoms with van der Waals surface area (Å²) in [5.74, 6) is -0.152. The Morgan fingerprint density at radius 1 is 1.21 bits per heavy atom. The third-order valence-corrected chi connectivity index (χ3v) is 5.26. The van der Waals surface area contributed by atoms with Gasteiger partial charge in [0.25, 0.3) is 0 Å². The Hall–Kier alpha value is -1.76. The SMILES string of the molecule is COCC(=O)N1CCN(Cc2ccc(-c3cccc(F)c3)s2)CC1. The molecule has 128 valence electrons. The summed E-state index contributed by atoms with van der Waals surface area (Å²) in [5, 5.41) is 0. The number of benzene rings is 1. The molecule has 0 spiro atoms. The van der Waals surface area contributed by atoms with Gasteiger partial charge in [-0.25, -0.2) is 4.39 Å². The number of methoxy groups -OCH3 is 1. The number of carbonyl (C=O) groups excluding carboxylic acids is 1. The first-order valence-corrected chi connectivity index (χ1v) is 8.81. The predicted molar refractivity (Wildman–Crippen MR) is 93.4 cm³/mol. The van der Waals surface area contributed by atoms with Gasteiger partial charge in [-0.05, 0) is 29.8 Å². The molecule has 0 aliphatic carbocycles. The molecule has 1 amide bonds. The third-order valence-electron chi connectivity index (χ3n) is 4.14. The molecule has 0 atom stereocenters. The van der Waals surface area contributed by atoms with Crippen LogP contribution in [0, 0.1) is 5.82 Å². The number of piperazine rings is 1. The third kappa shape index (κ3) is 4.20. The maximum Gasteiger partial charge on any atom is 0.248 e. The summed E-state index contributed by atoms with van der Waals surface area (Å²) in [4.78, 5) is 18.3. The number of halogens is 1. The van der Waals surface area contributed by atoms with Gasteiger partial charge in [0.15, 0.2) is 0 Å². The van der Waals surface area contributed by atoms with Crippen molar-refractivity contribution in [3.8, 4) is 10.4 Å². The zero-order chi connectivity index (χ0) is 16.9. The lowest BCUT2D eigenvalue weighted by Gasteiger charge is -2.34. The predicted octanol–water partition coefficient (Wildman–Crippen LogP) is 2.84. The van der Waals surface area contributed by atoms with E-state index >= 15 is 0 Å². The number of amides is 1. The minimum Gasteiger partial charge on any atom is -0.375 e. The molecule has 0 saturated carbocycles. The van der Waals surface area contributed by atoms with Crippen molar-refractivity contribution < 1.29 is 13.9 Å². The summed E-state index contributed by atoms with van der Waals surface area (Å²) in [6, 6.07) is 10.8. The first kappa shape index (κ1) is 17.1. The number of rotatable bonds is 5. The van der Waals surface area contributed by atoms with Crippen LogP contribution in [0.15, 0.2) is 36.4 Å². The van der Waals surface area contributed by atoms with E-state index in [0.717, 1.165) is 43.2 Å². The Morgan fingerprint density at radius 2 is 2.00 bits per heavy atom. The van der Waals surface area contributed by atoms with Crippen molar-refractivity contribution in [2.45, 2.75) is 6.54 Å². The van der Waals surface area contributed by atoms with Gasteiger partial charge in [-0.1, -0.05) is 12.1 Å². The zero-order valence-electron chi connectivity index (χ0n) is 13.7. The number of hydrogen-bond donors (Lipinski definition) is 0. The molecule has 0 unspecified atom stereocenters. The van der Waals surface area contributed by atoms with E-state index in [9.17, 15) is 9.18 Å². The summed E-state index contributed by atoms with van der Waals surface area (Å²) >= 11 is 1.69. The Balaban J connectivity index is 1.56. The van der Waals surface area contributed by atoms with Crippen molar-refractivity contribution in [2.75, 3.05) is 39.9 Å². The van der Waals surface area contributed by atoms with Gasteiger partial charge in [-0.15, -0.1) is 11.3 Å². The zero-order valence-corrected chi connectivity index (χ0v) is 14.5. The van der Waals surface area contributed by atoms with E-state index in [1.807, 2.05) is 17.0 Å². The van der Waals surface area contributed by atoms with Gasteiger partial charge in [0, 0.05) is 49.6 Å². The van der Waals surface area contributed by atoms with Crippen molar-refractivity contribution in [1.82, 2.24) is 9.80 Å². The highest BCUT2D eigenvalue weighted by Crippen LogP contribution is 2.29. The highest BCUT2D eigenvalue weighted by molar-refractivity contribution is 7.15. The van der Waals surface area contributed by atoms with Crippen LogP contribution in [0.4, 0.5) is 4.39 Å². The monoisotopic (exact) mass is 348 g/mol. The van der Waals surface area contributed by atoms with Crippen LogP contribution in [-0.2, 0) is 16.1 Å². The Kier molecular flexibility index (Phi) is 5.60. The molecule has 1 aliphatic heterocycles. The molecular formula is C18H21FN2O2S. The highest BCUT2D eigenvalue weighted by Gasteiger charge is 2.21. The molecule has 6 heteroatoms. The second kappa shape index (κ2) is 7.88. The number of thiophene rings is 1. The van der Waals surface area contributed by atoms with Gasteiger partial charge in [-0.2, -0.15) is 0 Å². The van der Waals surface area contributed by atoms with Crippen LogP contribution in [0.25, 0.3) is 10.4 Å². The van der Waals surface area contributed by atoms with Gasteiger partial charge in [0.2, 0.25) is 5.91 Å². The molecule has 0 radical (unpaired) electrons. The van der Waals surface area contributed by atoms with E-state index in [4.69, 9.17) is 4.74 Å². The van der Waals surface area contributed by atoms with Gasteiger partial charge in [0.1, 0.15) is 12.4 Å². The van der Waals surface area contributed by atoms with Crippen LogP contribution < -0.4 is 0 Å². The summed E-state index contributed by atoms with van der Waals surface area (Å²) in [6.07, 6.45) is 0. The number of carbonyl (C=O) groups is 1. The molecule has 1 fully saturated rings. The molecule has 2 heterocycles. The highest BCUT2D eigenvalue weighted by atomic mass is 32.1. The van der Waals surface area contributed by atoms with Crippen LogP contribution in [0.2, 0.25) is 0 Å². The normalized spacial score (nSPS) is 15.7. The lowest BCUT2D eigenvalue weighted by molar-refractivity contribution is -0.136. The smallest absolute Gasteiger partial charge is 0.248 e. The van der Waals surface area contributed by atoms with Crippen LogP contribution >= 0.6 is 11.3 Å². The van der Waals surface area contributed by atoms with Crippen LogP contribution in [-0.4, -0.2) is 55.6 Å². The number of ether oxygens (including phenoxy) is 1. The lowest BCUT2D eigenvalue weighted by atomic mass is 10.2. The van der Waals surface area contributed by atoms with Gasteiger partial charge < -0.3 is 9.64 Å². The van der Waals surface area contributed by atoms with Crippen molar-refractivity contribution in [3.05, 3.63) is 47.1 Å². The summed E-state index contributed by atoms with van der Waals surface area (Å²) in [7, 11) is 1.54. The quantitative estimate of drug-likeness (QED) is 0.833. The molecule has 1 saturated heterocycles. The maximum absolute atomic E-state index is 13.3. The molecule has 1 aromatic carbocycles. The van der Waals surface area contributed by atoms with Crippen LogP contribution in [0.5, 0.6) is 0 Å². The first-order valence-electron chi connectivity index (χ1n) is 7.99. The van der Waals surface area contributed by atoms with Crippen molar-refractivity contribution in [1.29, 1.82) is 0 Å². The van der Waals surface area contributed by atoms with Crippen molar-refractivity contribution in [3.63, 3.8) is 0 Å². The van der Waals surface area contributed by atoms with E-state index in [2.05, 4.69) is 11.0 Å². The maximum atomic E-state index is 13.3. The fourth-order valence-electron chi connectivity index (χ4n) is 2.85. The van der Waals surface area contributed by atoms with Crippen molar-refractivity contribution in [2.24, 2.45) is 0 Å². The van der Waals surface area contributed by atoms with Gasteiger partial charge in [-0.3, -0.25) is 9.69 Å². The van der Waals surface area contributed by atoms with Crippen molar-refractivity contribution >= 4 is 17.2 Å². The van der Waals surface area contributed by atoms with E-state index in [1.54, 1.807) is 30.6 Å². The Labute approximate surface area is 145 Å². The molecule has 0 bridgehead atoms. The van der Waals surface area contributed by atoms with Crippen LogP contribution in [0.1, 0.15) is 4.88 Å².